The van der Waals surface area contributed by atoms with E-state index in [0.29, 0.717) is 11.4 Å². The Kier molecular flexibility index (Phi) is 1.40. The zero-order chi connectivity index (χ0) is 9.76. The van der Waals surface area contributed by atoms with E-state index in [1.807, 2.05) is 12.1 Å². The minimum Gasteiger partial charge on any atom is -0.223 e. The Hall–Kier alpha value is -1.23. The van der Waals surface area contributed by atoms with E-state index in [4.69, 9.17) is 0 Å². The Morgan fingerprint density at radius 1 is 1.29 bits per heavy atom. The number of hydrogen-bond donors (Lipinski definition) is 0. The van der Waals surface area contributed by atoms with Crippen molar-refractivity contribution in [2.45, 2.75) is 16.2 Å². The first-order valence-corrected chi connectivity index (χ1v) is 5.95. The van der Waals surface area contributed by atoms with Gasteiger partial charge in [0.1, 0.15) is 11.3 Å². The van der Waals surface area contributed by atoms with Crippen molar-refractivity contribution in [3.8, 4) is 0 Å². The molecule has 1 aromatic rings. The highest BCUT2D eigenvalue weighted by atomic mass is 32.2. The highest BCUT2D eigenvalue weighted by Crippen LogP contribution is 2.43. The Labute approximate surface area is 81.6 Å². The molecule has 1 aromatic carbocycles. The molecule has 0 amide bonds. The van der Waals surface area contributed by atoms with Crippen LogP contribution in [0.3, 0.4) is 0 Å². The van der Waals surface area contributed by atoms with Gasteiger partial charge in [-0.2, -0.15) is 10.2 Å². The monoisotopic (exact) mass is 208 g/mol. The molecule has 0 N–H and O–H groups in total. The van der Waals surface area contributed by atoms with Crippen LogP contribution in [0.2, 0.25) is 0 Å². The second-order valence-corrected chi connectivity index (χ2v) is 5.64. The van der Waals surface area contributed by atoms with Gasteiger partial charge in [0, 0.05) is 0 Å². The summed E-state index contributed by atoms with van der Waals surface area (Å²) in [7, 11) is -3.17. The summed E-state index contributed by atoms with van der Waals surface area (Å²) in [5.41, 5.74) is 0.804. The van der Waals surface area contributed by atoms with Crippen molar-refractivity contribution in [1.82, 2.24) is 0 Å². The van der Waals surface area contributed by atoms with Crippen LogP contribution in [0, 0.1) is 0 Å². The minimum atomic E-state index is -3.17. The van der Waals surface area contributed by atoms with Crippen molar-refractivity contribution in [3.05, 3.63) is 29.8 Å². The van der Waals surface area contributed by atoms with Crippen molar-refractivity contribution in [2.75, 3.05) is 6.54 Å². The Morgan fingerprint density at radius 3 is 2.93 bits per heavy atom. The molecule has 0 radical (unpaired) electrons. The average Bonchev–Trinajstić information content (AvgIpc) is 2.72. The van der Waals surface area contributed by atoms with Gasteiger partial charge in [0.2, 0.25) is 0 Å². The van der Waals surface area contributed by atoms with Crippen LogP contribution in [0.1, 0.15) is 11.6 Å². The van der Waals surface area contributed by atoms with Crippen LogP contribution in [0.4, 0.5) is 0 Å². The van der Waals surface area contributed by atoms with Crippen LogP contribution in [-0.4, -0.2) is 20.2 Å². The van der Waals surface area contributed by atoms with E-state index in [9.17, 15) is 8.42 Å². The lowest BCUT2D eigenvalue weighted by molar-refractivity contribution is 0.585. The lowest BCUT2D eigenvalue weighted by Crippen LogP contribution is -2.19. The summed E-state index contributed by atoms with van der Waals surface area (Å²) in [5.74, 6) is 0. The topological polar surface area (TPSA) is 58.9 Å². The quantitative estimate of drug-likeness (QED) is 0.646. The molecule has 0 fully saturated rings. The molecule has 0 bridgehead atoms. The number of nitrogens with zero attached hydrogens (tertiary/aromatic N) is 2. The zero-order valence-corrected chi connectivity index (χ0v) is 8.11. The summed E-state index contributed by atoms with van der Waals surface area (Å²) >= 11 is 0. The zero-order valence-electron chi connectivity index (χ0n) is 7.29. The molecule has 0 unspecified atom stereocenters. The first-order chi connectivity index (χ1) is 6.71. The molecule has 0 spiro atoms. The predicted molar refractivity (Wildman–Crippen MR) is 49.9 cm³/mol. The molecule has 72 valence electrons. The van der Waals surface area contributed by atoms with Gasteiger partial charge in [-0.3, -0.25) is 0 Å². The van der Waals surface area contributed by atoms with Gasteiger partial charge >= 0.3 is 0 Å². The lowest BCUT2D eigenvalue weighted by atomic mass is 10.1. The third-order valence-electron chi connectivity index (χ3n) is 2.76. The Balaban J connectivity index is 2.34. The van der Waals surface area contributed by atoms with Crippen LogP contribution in [0.5, 0.6) is 0 Å². The maximum Gasteiger partial charge on any atom is 0.186 e. The van der Waals surface area contributed by atoms with E-state index in [2.05, 4.69) is 10.2 Å². The second kappa shape index (κ2) is 2.42. The van der Waals surface area contributed by atoms with Gasteiger partial charge in [-0.05, 0) is 11.6 Å². The number of hydrogen-bond acceptors (Lipinski definition) is 4. The standard InChI is InChI=1S/C9H8N2O2S/c12-14(13)7-4-2-1-3-6(7)9-8(14)5-10-11-9/h1-4,8-9H,5H2/t8-,9-/m0/s1. The average molecular weight is 208 g/mol. The minimum absolute atomic E-state index is 0.254. The molecule has 0 aliphatic carbocycles. The lowest BCUT2D eigenvalue weighted by Gasteiger charge is -2.02. The number of benzene rings is 1. The van der Waals surface area contributed by atoms with Crippen molar-refractivity contribution in [2.24, 2.45) is 10.2 Å². The molecule has 5 heteroatoms. The van der Waals surface area contributed by atoms with Gasteiger partial charge in [-0.1, -0.05) is 18.2 Å². The smallest absolute Gasteiger partial charge is 0.186 e. The molecule has 0 saturated heterocycles. The molecule has 4 nitrogen and oxygen atoms in total. The third-order valence-corrected chi connectivity index (χ3v) is 4.95. The van der Waals surface area contributed by atoms with Gasteiger partial charge in [0.25, 0.3) is 0 Å². The van der Waals surface area contributed by atoms with Gasteiger partial charge in [0.05, 0.1) is 11.4 Å². The molecule has 0 aromatic heterocycles. The summed E-state index contributed by atoms with van der Waals surface area (Å²) < 4.78 is 23.9. The van der Waals surface area contributed by atoms with Crippen molar-refractivity contribution in [1.29, 1.82) is 0 Å². The fourth-order valence-electron chi connectivity index (χ4n) is 2.07. The third kappa shape index (κ3) is 0.803. The first kappa shape index (κ1) is 8.11. The van der Waals surface area contributed by atoms with E-state index < -0.39 is 15.1 Å². The molecular weight excluding hydrogens is 200 g/mol. The molecule has 2 heterocycles. The van der Waals surface area contributed by atoms with Gasteiger partial charge in [0.15, 0.2) is 9.84 Å². The van der Waals surface area contributed by atoms with E-state index in [1.54, 1.807) is 12.1 Å². The maximum absolute atomic E-state index is 11.9. The van der Waals surface area contributed by atoms with Crippen LogP contribution < -0.4 is 0 Å². The van der Waals surface area contributed by atoms with E-state index >= 15 is 0 Å². The van der Waals surface area contributed by atoms with Crippen molar-refractivity contribution < 1.29 is 8.42 Å². The van der Waals surface area contributed by atoms with Crippen molar-refractivity contribution in [3.63, 3.8) is 0 Å². The Bertz CT molecular complexity index is 521. The molecule has 3 rings (SSSR count). The number of rotatable bonds is 0. The number of azo groups is 1. The van der Waals surface area contributed by atoms with Gasteiger partial charge in [-0.25, -0.2) is 8.42 Å². The molecule has 2 atom stereocenters. The predicted octanol–water partition coefficient (Wildman–Crippen LogP) is 1.35. The van der Waals surface area contributed by atoms with E-state index in [0.717, 1.165) is 5.56 Å². The second-order valence-electron chi connectivity index (χ2n) is 3.51. The summed E-state index contributed by atoms with van der Waals surface area (Å²) in [6.45, 7) is 0.307. The van der Waals surface area contributed by atoms with Crippen LogP contribution in [-0.2, 0) is 9.84 Å². The number of sulfone groups is 1. The number of fused-ring (bicyclic) bond motifs is 3. The highest BCUT2D eigenvalue weighted by molar-refractivity contribution is 7.92. The molecule has 2 aliphatic heterocycles. The fraction of sp³-hybridized carbons (Fsp3) is 0.333. The van der Waals surface area contributed by atoms with E-state index in [-0.39, 0.29) is 6.04 Å². The molecular formula is C9H8N2O2S. The summed E-state index contributed by atoms with van der Waals surface area (Å²) in [6, 6.07) is 6.80. The van der Waals surface area contributed by atoms with Gasteiger partial charge < -0.3 is 0 Å². The summed E-state index contributed by atoms with van der Waals surface area (Å²) in [6.07, 6.45) is 0. The molecule has 0 saturated carbocycles. The normalized spacial score (nSPS) is 31.4. The Morgan fingerprint density at radius 2 is 2.07 bits per heavy atom. The van der Waals surface area contributed by atoms with Crippen LogP contribution in [0.25, 0.3) is 0 Å². The van der Waals surface area contributed by atoms with E-state index in [1.165, 1.54) is 0 Å². The van der Waals surface area contributed by atoms with Crippen molar-refractivity contribution >= 4 is 9.84 Å². The molecule has 2 aliphatic rings. The van der Waals surface area contributed by atoms with Crippen LogP contribution >= 0.6 is 0 Å². The van der Waals surface area contributed by atoms with Crippen LogP contribution in [0.15, 0.2) is 39.4 Å². The summed E-state index contributed by atoms with van der Waals surface area (Å²) in [5, 5.41) is 7.34. The highest BCUT2D eigenvalue weighted by Gasteiger charge is 2.47. The molecule has 14 heavy (non-hydrogen) atoms. The summed E-state index contributed by atoms with van der Waals surface area (Å²) in [4.78, 5) is 0.439. The first-order valence-electron chi connectivity index (χ1n) is 4.41. The maximum atomic E-state index is 11.9. The van der Waals surface area contributed by atoms with Gasteiger partial charge in [-0.15, -0.1) is 0 Å². The largest absolute Gasteiger partial charge is 0.223 e. The SMILES string of the molecule is O=S1(=O)c2ccccc2[C@@H]2N=NC[C@@H]21. The fourth-order valence-corrected chi connectivity index (χ4v) is 3.98.